The van der Waals surface area contributed by atoms with Crippen molar-refractivity contribution in [2.45, 2.75) is 13.8 Å². The van der Waals surface area contributed by atoms with Crippen LogP contribution in [0.4, 0.5) is 6.01 Å². The van der Waals surface area contributed by atoms with E-state index in [2.05, 4.69) is 21.6 Å². The van der Waals surface area contributed by atoms with E-state index < -0.39 is 5.91 Å². The normalized spacial score (nSPS) is 10.5. The van der Waals surface area contributed by atoms with Crippen LogP contribution in [0.5, 0.6) is 11.5 Å². The van der Waals surface area contributed by atoms with E-state index in [0.717, 1.165) is 16.7 Å². The summed E-state index contributed by atoms with van der Waals surface area (Å²) in [7, 11) is 2.98. The van der Waals surface area contributed by atoms with Crippen LogP contribution in [0.25, 0.3) is 11.5 Å². The number of hydrogen-bond donors (Lipinski definition) is 1. The van der Waals surface area contributed by atoms with Crippen molar-refractivity contribution in [1.82, 2.24) is 10.2 Å². The van der Waals surface area contributed by atoms with Gasteiger partial charge in [-0.05, 0) is 38.1 Å². The van der Waals surface area contributed by atoms with Gasteiger partial charge in [-0.1, -0.05) is 28.4 Å². The number of para-hydroxylation sites is 1. The summed E-state index contributed by atoms with van der Waals surface area (Å²) in [6.45, 7) is 3.98. The van der Waals surface area contributed by atoms with Gasteiger partial charge in [-0.2, -0.15) is 0 Å². The third-order valence-electron chi connectivity index (χ3n) is 3.76. The minimum Gasteiger partial charge on any atom is -0.493 e. The number of aryl methyl sites for hydroxylation is 2. The van der Waals surface area contributed by atoms with E-state index in [1.54, 1.807) is 18.2 Å². The SMILES string of the molecule is COc1cccc(C(=O)Nc2nnc(-c3cc(C)cc(C)c3)o2)c1OC. The highest BCUT2D eigenvalue weighted by molar-refractivity contribution is 6.05. The van der Waals surface area contributed by atoms with Gasteiger partial charge in [-0.15, -0.1) is 5.10 Å². The molecular formula is C19H19N3O4. The maximum absolute atomic E-state index is 12.5. The average molecular weight is 353 g/mol. The first kappa shape index (κ1) is 17.5. The van der Waals surface area contributed by atoms with Crippen LogP contribution in [-0.4, -0.2) is 30.3 Å². The third-order valence-corrected chi connectivity index (χ3v) is 3.76. The highest BCUT2D eigenvalue weighted by atomic mass is 16.5. The molecule has 26 heavy (non-hydrogen) atoms. The second-order valence-electron chi connectivity index (χ2n) is 5.78. The molecule has 1 amide bonds. The topological polar surface area (TPSA) is 86.5 Å². The second kappa shape index (κ2) is 7.26. The zero-order valence-electron chi connectivity index (χ0n) is 15.0. The molecule has 0 aliphatic heterocycles. The molecule has 0 aliphatic rings. The molecule has 134 valence electrons. The third kappa shape index (κ3) is 3.51. The lowest BCUT2D eigenvalue weighted by molar-refractivity contribution is 0.102. The summed E-state index contributed by atoms with van der Waals surface area (Å²) in [4.78, 5) is 12.5. The van der Waals surface area contributed by atoms with Crippen molar-refractivity contribution in [3.8, 4) is 23.0 Å². The quantitative estimate of drug-likeness (QED) is 0.754. The smallest absolute Gasteiger partial charge is 0.322 e. The molecule has 0 aliphatic carbocycles. The minimum atomic E-state index is -0.434. The highest BCUT2D eigenvalue weighted by Gasteiger charge is 2.19. The summed E-state index contributed by atoms with van der Waals surface area (Å²) in [6, 6.07) is 11.0. The summed E-state index contributed by atoms with van der Waals surface area (Å²) < 4.78 is 16.1. The van der Waals surface area contributed by atoms with Gasteiger partial charge in [0, 0.05) is 5.56 Å². The standard InChI is InChI=1S/C19H19N3O4/c1-11-8-12(2)10-13(9-11)18-21-22-19(26-18)20-17(23)14-6-5-7-15(24-3)16(14)25-4/h5-10H,1-4H3,(H,20,22,23). The fraction of sp³-hybridized carbons (Fsp3) is 0.211. The van der Waals surface area contributed by atoms with E-state index in [-0.39, 0.29) is 6.01 Å². The lowest BCUT2D eigenvalue weighted by Gasteiger charge is -2.11. The zero-order valence-corrected chi connectivity index (χ0v) is 15.0. The Hall–Kier alpha value is -3.35. The lowest BCUT2D eigenvalue weighted by atomic mass is 10.1. The average Bonchev–Trinajstić information content (AvgIpc) is 3.08. The molecule has 2 aromatic carbocycles. The highest BCUT2D eigenvalue weighted by Crippen LogP contribution is 2.31. The molecule has 0 spiro atoms. The Labute approximate surface area is 151 Å². The molecule has 0 radical (unpaired) electrons. The Morgan fingerprint density at radius 3 is 2.42 bits per heavy atom. The first-order chi connectivity index (χ1) is 12.5. The van der Waals surface area contributed by atoms with Crippen LogP contribution in [-0.2, 0) is 0 Å². The molecule has 0 bridgehead atoms. The Bertz CT molecular complexity index is 929. The van der Waals surface area contributed by atoms with E-state index in [1.807, 2.05) is 26.0 Å². The Morgan fingerprint density at radius 1 is 1.04 bits per heavy atom. The fourth-order valence-electron chi connectivity index (χ4n) is 2.72. The van der Waals surface area contributed by atoms with Gasteiger partial charge in [0.15, 0.2) is 11.5 Å². The van der Waals surface area contributed by atoms with Crippen LogP contribution in [0.1, 0.15) is 21.5 Å². The molecule has 0 atom stereocenters. The minimum absolute atomic E-state index is 0.00836. The van der Waals surface area contributed by atoms with E-state index in [1.165, 1.54) is 14.2 Å². The number of carbonyl (C=O) groups is 1. The van der Waals surface area contributed by atoms with Crippen LogP contribution in [0.3, 0.4) is 0 Å². The van der Waals surface area contributed by atoms with E-state index >= 15 is 0 Å². The number of ether oxygens (including phenoxy) is 2. The Morgan fingerprint density at radius 2 is 1.77 bits per heavy atom. The van der Waals surface area contributed by atoms with Gasteiger partial charge in [-0.25, -0.2) is 0 Å². The molecule has 1 heterocycles. The molecule has 7 nitrogen and oxygen atoms in total. The Kier molecular flexibility index (Phi) is 4.88. The number of aromatic nitrogens is 2. The van der Waals surface area contributed by atoms with Crippen LogP contribution in [0, 0.1) is 13.8 Å². The number of hydrogen-bond acceptors (Lipinski definition) is 6. The largest absolute Gasteiger partial charge is 0.493 e. The van der Waals surface area contributed by atoms with E-state index in [9.17, 15) is 4.79 Å². The molecule has 0 saturated carbocycles. The molecule has 0 fully saturated rings. The van der Waals surface area contributed by atoms with Crippen LogP contribution < -0.4 is 14.8 Å². The first-order valence-corrected chi connectivity index (χ1v) is 7.96. The monoisotopic (exact) mass is 353 g/mol. The first-order valence-electron chi connectivity index (χ1n) is 7.96. The number of carbonyl (C=O) groups excluding carboxylic acids is 1. The second-order valence-corrected chi connectivity index (χ2v) is 5.78. The molecule has 1 aromatic heterocycles. The maximum Gasteiger partial charge on any atom is 0.322 e. The van der Waals surface area contributed by atoms with E-state index in [4.69, 9.17) is 13.9 Å². The van der Waals surface area contributed by atoms with Gasteiger partial charge in [0.2, 0.25) is 5.89 Å². The van der Waals surface area contributed by atoms with Crippen molar-refractivity contribution in [2.24, 2.45) is 0 Å². The van der Waals surface area contributed by atoms with Crippen LogP contribution in [0.2, 0.25) is 0 Å². The summed E-state index contributed by atoms with van der Waals surface area (Å²) >= 11 is 0. The predicted octanol–water partition coefficient (Wildman–Crippen LogP) is 3.62. The summed E-state index contributed by atoms with van der Waals surface area (Å²) in [5.41, 5.74) is 3.28. The summed E-state index contributed by atoms with van der Waals surface area (Å²) in [5, 5.41) is 10.5. The number of nitrogens with zero attached hydrogens (tertiary/aromatic N) is 2. The zero-order chi connectivity index (χ0) is 18.7. The van der Waals surface area contributed by atoms with Crippen molar-refractivity contribution in [3.63, 3.8) is 0 Å². The number of nitrogens with one attached hydrogen (secondary N) is 1. The summed E-state index contributed by atoms with van der Waals surface area (Å²) in [6.07, 6.45) is 0. The molecule has 1 N–H and O–H groups in total. The number of anilines is 1. The van der Waals surface area contributed by atoms with Gasteiger partial charge in [0.25, 0.3) is 5.91 Å². The van der Waals surface area contributed by atoms with Gasteiger partial charge >= 0.3 is 6.01 Å². The lowest BCUT2D eigenvalue weighted by Crippen LogP contribution is -2.13. The maximum atomic E-state index is 12.5. The Balaban J connectivity index is 1.84. The molecule has 0 unspecified atom stereocenters. The summed E-state index contributed by atoms with van der Waals surface area (Å²) in [5.74, 6) is 0.698. The van der Waals surface area contributed by atoms with Gasteiger partial charge in [0.1, 0.15) is 0 Å². The van der Waals surface area contributed by atoms with Gasteiger partial charge in [-0.3, -0.25) is 10.1 Å². The van der Waals surface area contributed by atoms with Crippen molar-refractivity contribution < 1.29 is 18.7 Å². The molecule has 3 aromatic rings. The van der Waals surface area contributed by atoms with Crippen molar-refractivity contribution in [2.75, 3.05) is 19.5 Å². The molecule has 0 saturated heterocycles. The van der Waals surface area contributed by atoms with Crippen molar-refractivity contribution in [1.29, 1.82) is 0 Å². The van der Waals surface area contributed by atoms with Gasteiger partial charge < -0.3 is 13.9 Å². The van der Waals surface area contributed by atoms with Crippen molar-refractivity contribution in [3.05, 3.63) is 53.1 Å². The van der Waals surface area contributed by atoms with Crippen LogP contribution in [0.15, 0.2) is 40.8 Å². The number of benzene rings is 2. The molecular weight excluding hydrogens is 334 g/mol. The van der Waals surface area contributed by atoms with Gasteiger partial charge in [0.05, 0.1) is 19.8 Å². The fourth-order valence-corrected chi connectivity index (χ4v) is 2.72. The van der Waals surface area contributed by atoms with Crippen LogP contribution >= 0.6 is 0 Å². The number of rotatable bonds is 5. The molecule has 3 rings (SSSR count). The number of amides is 1. The molecule has 7 heteroatoms. The number of methoxy groups -OCH3 is 2. The predicted molar refractivity (Wildman–Crippen MR) is 96.7 cm³/mol. The van der Waals surface area contributed by atoms with E-state index in [0.29, 0.717) is 23.0 Å². The van der Waals surface area contributed by atoms with Crippen molar-refractivity contribution >= 4 is 11.9 Å².